The summed E-state index contributed by atoms with van der Waals surface area (Å²) in [6.45, 7) is -0.240. The van der Waals surface area contributed by atoms with Crippen LogP contribution in [-0.4, -0.2) is 39.0 Å². The molecule has 1 aromatic rings. The average Bonchev–Trinajstić information content (AvgIpc) is 2.55. The van der Waals surface area contributed by atoms with Gasteiger partial charge in [0.25, 0.3) is 5.91 Å². The summed E-state index contributed by atoms with van der Waals surface area (Å²) in [7, 11) is -3.17. The molecule has 0 fully saturated rings. The third-order valence-corrected chi connectivity index (χ3v) is 3.17. The van der Waals surface area contributed by atoms with Gasteiger partial charge in [0.05, 0.1) is 0 Å². The number of amides is 1. The number of alkyl halides is 3. The molecule has 108 valence electrons. The minimum atomic E-state index is -4.56. The van der Waals surface area contributed by atoms with Gasteiger partial charge in [-0.15, -0.1) is 0 Å². The highest BCUT2D eigenvalue weighted by atomic mass is 32.2. The number of carbonyl (C=O) groups excluding carboxylic acids is 1. The smallest absolute Gasteiger partial charge is 0.406 e. The van der Waals surface area contributed by atoms with Gasteiger partial charge in [-0.2, -0.15) is 13.2 Å². The van der Waals surface area contributed by atoms with E-state index in [9.17, 15) is 26.4 Å². The van der Waals surface area contributed by atoms with Crippen LogP contribution in [0.25, 0.3) is 0 Å². The van der Waals surface area contributed by atoms with E-state index in [0.29, 0.717) is 4.90 Å². The molecule has 1 amide bonds. The molecule has 6 nitrogen and oxygen atoms in total. The molecule has 0 aromatic carbocycles. The molecule has 2 N–H and O–H groups in total. The third-order valence-electron chi connectivity index (χ3n) is 2.15. The standard InChI is InChI=1S/C9H11F3N2O4S/c1-5-7(19(13,16)17)3-6(18-5)8(15)14(2)4-9(10,11)12/h3H,4H2,1-2H3,(H2,13,16,17). The van der Waals surface area contributed by atoms with Crippen molar-refractivity contribution in [1.29, 1.82) is 0 Å². The van der Waals surface area contributed by atoms with Gasteiger partial charge in [0.1, 0.15) is 17.2 Å². The number of aryl methyl sites for hydroxylation is 1. The summed E-state index contributed by atoms with van der Waals surface area (Å²) >= 11 is 0. The highest BCUT2D eigenvalue weighted by molar-refractivity contribution is 7.89. The number of furan rings is 1. The van der Waals surface area contributed by atoms with E-state index >= 15 is 0 Å². The number of hydrogen-bond acceptors (Lipinski definition) is 4. The van der Waals surface area contributed by atoms with E-state index < -0.39 is 39.3 Å². The molecule has 0 saturated carbocycles. The van der Waals surface area contributed by atoms with Crippen LogP contribution in [0.1, 0.15) is 16.3 Å². The van der Waals surface area contributed by atoms with Crippen LogP contribution in [-0.2, 0) is 10.0 Å². The van der Waals surface area contributed by atoms with Crippen LogP contribution >= 0.6 is 0 Å². The topological polar surface area (TPSA) is 93.6 Å². The Hall–Kier alpha value is -1.55. The van der Waals surface area contributed by atoms with Crippen LogP contribution < -0.4 is 5.14 Å². The van der Waals surface area contributed by atoms with Gasteiger partial charge in [-0.05, 0) is 6.92 Å². The van der Waals surface area contributed by atoms with E-state index in [2.05, 4.69) is 0 Å². The summed E-state index contributed by atoms with van der Waals surface area (Å²) in [4.78, 5) is 11.5. The molecule has 0 aliphatic rings. The number of rotatable bonds is 3. The third kappa shape index (κ3) is 3.96. The van der Waals surface area contributed by atoms with Crippen molar-refractivity contribution >= 4 is 15.9 Å². The van der Waals surface area contributed by atoms with E-state index in [0.717, 1.165) is 13.1 Å². The van der Waals surface area contributed by atoms with E-state index in [4.69, 9.17) is 9.56 Å². The molecule has 0 aliphatic carbocycles. The molecule has 10 heteroatoms. The summed E-state index contributed by atoms with van der Waals surface area (Å²) in [5.41, 5.74) is 0. The van der Waals surface area contributed by atoms with Crippen molar-refractivity contribution in [3.05, 3.63) is 17.6 Å². The Labute approximate surface area is 107 Å². The Balaban J connectivity index is 3.03. The van der Waals surface area contributed by atoms with Crippen molar-refractivity contribution in [1.82, 2.24) is 4.90 Å². The van der Waals surface area contributed by atoms with Crippen molar-refractivity contribution in [2.24, 2.45) is 5.14 Å². The average molecular weight is 300 g/mol. The fraction of sp³-hybridized carbons (Fsp3) is 0.444. The van der Waals surface area contributed by atoms with Crippen LogP contribution in [0.15, 0.2) is 15.4 Å². The van der Waals surface area contributed by atoms with Crippen LogP contribution in [0.3, 0.4) is 0 Å². The lowest BCUT2D eigenvalue weighted by molar-refractivity contribution is -0.138. The van der Waals surface area contributed by atoms with Gasteiger partial charge < -0.3 is 9.32 Å². The first-order chi connectivity index (χ1) is 8.42. The quantitative estimate of drug-likeness (QED) is 0.896. The first-order valence-corrected chi connectivity index (χ1v) is 6.42. The largest absolute Gasteiger partial charge is 0.455 e. The number of nitrogens with zero attached hydrogens (tertiary/aromatic N) is 1. The maximum absolute atomic E-state index is 12.1. The normalized spacial score (nSPS) is 12.5. The summed E-state index contributed by atoms with van der Waals surface area (Å²) in [6.07, 6.45) is -4.56. The highest BCUT2D eigenvalue weighted by Crippen LogP contribution is 2.21. The first-order valence-electron chi connectivity index (χ1n) is 4.87. The molecule has 0 spiro atoms. The number of sulfonamides is 1. The van der Waals surface area contributed by atoms with Gasteiger partial charge in [0.2, 0.25) is 10.0 Å². The van der Waals surface area contributed by atoms with E-state index in [1.807, 2.05) is 0 Å². The predicted molar refractivity (Wildman–Crippen MR) is 57.8 cm³/mol. The molecule has 1 aromatic heterocycles. The van der Waals surface area contributed by atoms with Crippen LogP contribution in [0.4, 0.5) is 13.2 Å². The van der Waals surface area contributed by atoms with E-state index in [1.54, 1.807) is 0 Å². The van der Waals surface area contributed by atoms with Crippen LogP contribution in [0.5, 0.6) is 0 Å². The number of nitrogens with two attached hydrogens (primary N) is 1. The second-order valence-corrected chi connectivity index (χ2v) is 5.38. The van der Waals surface area contributed by atoms with Gasteiger partial charge in [0.15, 0.2) is 5.76 Å². The van der Waals surface area contributed by atoms with E-state index in [1.165, 1.54) is 6.92 Å². The number of primary sulfonamides is 1. The molecular formula is C9H11F3N2O4S. The zero-order chi connectivity index (χ0) is 15.0. The number of carbonyl (C=O) groups is 1. The summed E-state index contributed by atoms with van der Waals surface area (Å²) in [5.74, 6) is -1.77. The zero-order valence-corrected chi connectivity index (χ0v) is 10.8. The molecule has 19 heavy (non-hydrogen) atoms. The fourth-order valence-corrected chi connectivity index (χ4v) is 2.10. The minimum absolute atomic E-state index is 0.161. The van der Waals surface area contributed by atoms with Gasteiger partial charge in [0, 0.05) is 13.1 Å². The maximum atomic E-state index is 12.1. The molecule has 0 unspecified atom stereocenters. The number of hydrogen-bond donors (Lipinski definition) is 1. The lowest BCUT2D eigenvalue weighted by Crippen LogP contribution is -2.35. The second-order valence-electron chi connectivity index (χ2n) is 3.85. The minimum Gasteiger partial charge on any atom is -0.455 e. The van der Waals surface area contributed by atoms with Crippen molar-refractivity contribution in [2.75, 3.05) is 13.6 Å². The maximum Gasteiger partial charge on any atom is 0.406 e. The van der Waals surface area contributed by atoms with Crippen molar-refractivity contribution < 1.29 is 30.8 Å². The molecule has 0 bridgehead atoms. The fourth-order valence-electron chi connectivity index (χ4n) is 1.38. The highest BCUT2D eigenvalue weighted by Gasteiger charge is 2.33. The molecular weight excluding hydrogens is 289 g/mol. The van der Waals surface area contributed by atoms with Crippen molar-refractivity contribution in [3.8, 4) is 0 Å². The zero-order valence-electron chi connectivity index (χ0n) is 9.98. The van der Waals surface area contributed by atoms with Crippen molar-refractivity contribution in [3.63, 3.8) is 0 Å². The summed E-state index contributed by atoms with van der Waals surface area (Å²) < 4.78 is 63.4. The Kier molecular flexibility index (Phi) is 3.96. The number of halogens is 3. The Morgan fingerprint density at radius 2 is 2.00 bits per heavy atom. The van der Waals surface area contributed by atoms with Crippen molar-refractivity contribution in [2.45, 2.75) is 18.0 Å². The monoisotopic (exact) mass is 300 g/mol. The molecule has 0 saturated heterocycles. The first kappa shape index (κ1) is 15.5. The van der Waals surface area contributed by atoms with Gasteiger partial charge in [-0.25, -0.2) is 13.6 Å². The second kappa shape index (κ2) is 4.85. The Morgan fingerprint density at radius 1 is 1.47 bits per heavy atom. The molecule has 0 aliphatic heterocycles. The Bertz CT molecular complexity index is 591. The molecule has 0 atom stereocenters. The van der Waals surface area contributed by atoms with Gasteiger partial charge in [-0.1, -0.05) is 0 Å². The van der Waals surface area contributed by atoms with Gasteiger partial charge >= 0.3 is 6.18 Å². The molecule has 1 heterocycles. The van der Waals surface area contributed by atoms with Gasteiger partial charge in [-0.3, -0.25) is 4.79 Å². The van der Waals surface area contributed by atoms with E-state index in [-0.39, 0.29) is 5.76 Å². The SMILES string of the molecule is Cc1oc(C(=O)N(C)CC(F)(F)F)cc1S(N)(=O)=O. The lowest BCUT2D eigenvalue weighted by Gasteiger charge is -2.17. The van der Waals surface area contributed by atoms with Crippen LogP contribution in [0, 0.1) is 6.92 Å². The summed E-state index contributed by atoms with van der Waals surface area (Å²) in [5, 5.41) is 4.86. The Morgan fingerprint density at radius 3 is 2.37 bits per heavy atom. The molecule has 1 rings (SSSR count). The molecule has 0 radical (unpaired) electrons. The van der Waals surface area contributed by atoms with Crippen LogP contribution in [0.2, 0.25) is 0 Å². The predicted octanol–water partition coefficient (Wildman–Crippen LogP) is 0.870. The summed E-state index contributed by atoms with van der Waals surface area (Å²) in [6, 6.07) is 0.805. The lowest BCUT2D eigenvalue weighted by atomic mass is 10.4.